The van der Waals surface area contributed by atoms with Crippen molar-refractivity contribution < 1.29 is 4.79 Å². The Hall–Kier alpha value is -3.30. The van der Waals surface area contributed by atoms with E-state index in [1.807, 2.05) is 19.0 Å². The molecule has 0 aliphatic carbocycles. The second-order valence-electron chi connectivity index (χ2n) is 6.83. The molecule has 3 aromatic rings. The molecule has 1 amide bonds. The van der Waals surface area contributed by atoms with Crippen molar-refractivity contribution in [2.24, 2.45) is 0 Å². The van der Waals surface area contributed by atoms with Gasteiger partial charge in [-0.05, 0) is 50.0 Å². The molecule has 3 rings (SSSR count). The van der Waals surface area contributed by atoms with Gasteiger partial charge in [-0.2, -0.15) is 9.78 Å². The molecule has 1 N–H and O–H groups in total. The van der Waals surface area contributed by atoms with E-state index in [0.29, 0.717) is 29.4 Å². The minimum atomic E-state index is -0.767. The fourth-order valence-corrected chi connectivity index (χ4v) is 2.82. The maximum absolute atomic E-state index is 13.0. The first kappa shape index (κ1) is 21.4. The van der Waals surface area contributed by atoms with E-state index in [0.717, 1.165) is 9.25 Å². The number of benzene rings is 1. The van der Waals surface area contributed by atoms with Crippen LogP contribution in [0.15, 0.2) is 58.4 Å². The summed E-state index contributed by atoms with van der Waals surface area (Å²) < 4.78 is 1.99. The summed E-state index contributed by atoms with van der Waals surface area (Å²) in [5, 5.41) is 7.21. The van der Waals surface area contributed by atoms with Crippen molar-refractivity contribution in [3.05, 3.63) is 85.9 Å². The smallest absolute Gasteiger partial charge is 0.349 e. The Labute approximate surface area is 177 Å². The lowest BCUT2D eigenvalue weighted by atomic mass is 10.3. The van der Waals surface area contributed by atoms with Crippen LogP contribution in [0.4, 0.5) is 0 Å². The Morgan fingerprint density at radius 3 is 2.53 bits per heavy atom. The SMILES string of the molecule is CN(C)CCNC(=O)c1nn(-c2ccc(Cl)cc2)c(=O)n(Cc2cccnc2)c1=O. The molecule has 0 aliphatic rings. The molecule has 30 heavy (non-hydrogen) atoms. The van der Waals surface area contributed by atoms with Gasteiger partial charge in [-0.25, -0.2) is 4.79 Å². The van der Waals surface area contributed by atoms with Crippen LogP contribution in [-0.4, -0.2) is 57.3 Å². The summed E-state index contributed by atoms with van der Waals surface area (Å²) in [5.74, 6) is -0.649. The summed E-state index contributed by atoms with van der Waals surface area (Å²) in [4.78, 5) is 44.5. The zero-order valence-electron chi connectivity index (χ0n) is 16.6. The quantitative estimate of drug-likeness (QED) is 0.596. The maximum atomic E-state index is 13.0. The molecule has 2 heterocycles. The lowest BCUT2D eigenvalue weighted by Crippen LogP contribution is -2.46. The van der Waals surface area contributed by atoms with Crippen LogP contribution in [0, 0.1) is 0 Å². The van der Waals surface area contributed by atoms with Crippen molar-refractivity contribution in [1.82, 2.24) is 29.5 Å². The van der Waals surface area contributed by atoms with Crippen molar-refractivity contribution in [1.29, 1.82) is 0 Å². The zero-order chi connectivity index (χ0) is 21.7. The van der Waals surface area contributed by atoms with E-state index in [9.17, 15) is 14.4 Å². The molecule has 0 saturated carbocycles. The first-order valence-electron chi connectivity index (χ1n) is 9.19. The number of rotatable bonds is 7. The molecular weight excluding hydrogens is 408 g/mol. The number of hydrogen-bond donors (Lipinski definition) is 1. The second-order valence-corrected chi connectivity index (χ2v) is 7.27. The number of aromatic nitrogens is 4. The summed E-state index contributed by atoms with van der Waals surface area (Å²) in [6, 6.07) is 9.81. The molecule has 0 bridgehead atoms. The van der Waals surface area contributed by atoms with Gasteiger partial charge in [0.1, 0.15) is 0 Å². The van der Waals surface area contributed by atoms with E-state index in [4.69, 9.17) is 11.6 Å². The highest BCUT2D eigenvalue weighted by molar-refractivity contribution is 6.30. The van der Waals surface area contributed by atoms with Crippen molar-refractivity contribution in [2.45, 2.75) is 6.54 Å². The number of pyridine rings is 1. The van der Waals surface area contributed by atoms with Gasteiger partial charge in [-0.15, -0.1) is 0 Å². The normalized spacial score (nSPS) is 10.9. The van der Waals surface area contributed by atoms with Crippen LogP contribution in [-0.2, 0) is 6.54 Å². The summed E-state index contributed by atoms with van der Waals surface area (Å²) >= 11 is 5.93. The van der Waals surface area contributed by atoms with Crippen molar-refractivity contribution in [3.63, 3.8) is 0 Å². The van der Waals surface area contributed by atoms with Crippen LogP contribution < -0.4 is 16.6 Å². The number of amides is 1. The summed E-state index contributed by atoms with van der Waals surface area (Å²) in [5.41, 5.74) is -0.782. The number of likely N-dealkylation sites (N-methyl/N-ethyl adjacent to an activating group) is 1. The topological polar surface area (TPSA) is 102 Å². The van der Waals surface area contributed by atoms with Gasteiger partial charge in [0.2, 0.25) is 5.69 Å². The van der Waals surface area contributed by atoms with Gasteiger partial charge in [0.25, 0.3) is 11.5 Å². The van der Waals surface area contributed by atoms with Crippen LogP contribution in [0.2, 0.25) is 5.02 Å². The van der Waals surface area contributed by atoms with Gasteiger partial charge in [0.15, 0.2) is 0 Å². The van der Waals surface area contributed by atoms with E-state index >= 15 is 0 Å². The highest BCUT2D eigenvalue weighted by atomic mass is 35.5. The van der Waals surface area contributed by atoms with Crippen LogP contribution in [0.5, 0.6) is 0 Å². The van der Waals surface area contributed by atoms with Gasteiger partial charge in [-0.3, -0.25) is 19.1 Å². The predicted octanol–water partition coefficient (Wildman–Crippen LogP) is 0.782. The molecule has 0 aliphatic heterocycles. The standard InChI is InChI=1S/C20H21ClN6O3/c1-25(2)11-10-23-18(28)17-19(29)26(13-14-4-3-9-22-12-14)20(30)27(24-17)16-7-5-15(21)6-8-16/h3-9,12H,10-11,13H2,1-2H3,(H,23,28). The number of carbonyl (C=O) groups is 1. The maximum Gasteiger partial charge on any atom is 0.352 e. The highest BCUT2D eigenvalue weighted by Crippen LogP contribution is 2.11. The first-order valence-corrected chi connectivity index (χ1v) is 9.56. The number of halogens is 1. The second kappa shape index (κ2) is 9.47. The Morgan fingerprint density at radius 2 is 1.90 bits per heavy atom. The molecule has 0 radical (unpaired) electrons. The summed E-state index contributed by atoms with van der Waals surface area (Å²) in [7, 11) is 3.73. The molecule has 0 atom stereocenters. The largest absolute Gasteiger partial charge is 0.352 e. The van der Waals surface area contributed by atoms with Crippen LogP contribution >= 0.6 is 11.6 Å². The molecular formula is C20H21ClN6O3. The number of nitrogens with zero attached hydrogens (tertiary/aromatic N) is 5. The fourth-order valence-electron chi connectivity index (χ4n) is 2.70. The minimum absolute atomic E-state index is 0.0421. The highest BCUT2D eigenvalue weighted by Gasteiger charge is 2.20. The van der Waals surface area contributed by atoms with Gasteiger partial charge in [0, 0.05) is 30.5 Å². The zero-order valence-corrected chi connectivity index (χ0v) is 17.3. The minimum Gasteiger partial charge on any atom is -0.349 e. The van der Waals surface area contributed by atoms with Gasteiger partial charge >= 0.3 is 5.69 Å². The number of nitrogens with one attached hydrogen (secondary N) is 1. The molecule has 10 heteroatoms. The molecule has 0 spiro atoms. The van der Waals surface area contributed by atoms with E-state index in [2.05, 4.69) is 15.4 Å². The summed E-state index contributed by atoms with van der Waals surface area (Å²) in [6.45, 7) is 0.877. The lowest BCUT2D eigenvalue weighted by Gasteiger charge is -2.13. The third kappa shape index (κ3) is 5.00. The van der Waals surface area contributed by atoms with Crippen LogP contribution in [0.1, 0.15) is 16.1 Å². The molecule has 0 unspecified atom stereocenters. The summed E-state index contributed by atoms with van der Waals surface area (Å²) in [6.07, 6.45) is 3.14. The average molecular weight is 429 g/mol. The third-order valence-corrected chi connectivity index (χ3v) is 4.51. The molecule has 1 aromatic carbocycles. The Bertz CT molecular complexity index is 1140. The monoisotopic (exact) mass is 428 g/mol. The van der Waals surface area contributed by atoms with E-state index in [-0.39, 0.29) is 12.2 Å². The van der Waals surface area contributed by atoms with Crippen molar-refractivity contribution in [2.75, 3.05) is 27.2 Å². The molecule has 9 nitrogen and oxygen atoms in total. The molecule has 0 fully saturated rings. The Morgan fingerprint density at radius 1 is 1.17 bits per heavy atom. The van der Waals surface area contributed by atoms with E-state index in [1.165, 1.54) is 0 Å². The van der Waals surface area contributed by atoms with Crippen molar-refractivity contribution in [3.8, 4) is 5.69 Å². The lowest BCUT2D eigenvalue weighted by molar-refractivity contribution is 0.0941. The van der Waals surface area contributed by atoms with Gasteiger partial charge in [-0.1, -0.05) is 17.7 Å². The van der Waals surface area contributed by atoms with Crippen LogP contribution in [0.25, 0.3) is 5.69 Å². The predicted molar refractivity (Wildman–Crippen MR) is 113 cm³/mol. The number of hydrogen-bond acceptors (Lipinski definition) is 6. The average Bonchev–Trinajstić information content (AvgIpc) is 2.72. The first-order chi connectivity index (χ1) is 14.4. The third-order valence-electron chi connectivity index (χ3n) is 4.25. The van der Waals surface area contributed by atoms with Gasteiger partial charge < -0.3 is 10.2 Å². The van der Waals surface area contributed by atoms with Crippen molar-refractivity contribution >= 4 is 17.5 Å². The molecule has 0 saturated heterocycles. The Balaban J connectivity index is 2.09. The van der Waals surface area contributed by atoms with Gasteiger partial charge in [0.05, 0.1) is 12.2 Å². The van der Waals surface area contributed by atoms with Crippen LogP contribution in [0.3, 0.4) is 0 Å². The fraction of sp³-hybridized carbons (Fsp3) is 0.250. The Kier molecular flexibility index (Phi) is 6.76. The molecule has 2 aromatic heterocycles. The number of carbonyl (C=O) groups excluding carboxylic acids is 1. The van der Waals surface area contributed by atoms with E-state index in [1.54, 1.807) is 48.8 Å². The molecule has 156 valence electrons. The van der Waals surface area contributed by atoms with E-state index < -0.39 is 17.2 Å².